The molecule has 10 heteroatoms. The summed E-state index contributed by atoms with van der Waals surface area (Å²) in [7, 11) is 3.39. The molecule has 0 radical (unpaired) electrons. The fraction of sp³-hybridized carbons (Fsp3) is 0.167. The molecule has 0 saturated carbocycles. The van der Waals surface area contributed by atoms with Crippen molar-refractivity contribution in [3.63, 3.8) is 0 Å². The number of rotatable bonds is 8. The van der Waals surface area contributed by atoms with Gasteiger partial charge in [-0.2, -0.15) is 0 Å². The molecule has 0 aliphatic heterocycles. The van der Waals surface area contributed by atoms with E-state index in [1.54, 1.807) is 56.8 Å². The third kappa shape index (κ3) is 5.67. The summed E-state index contributed by atoms with van der Waals surface area (Å²) in [5.74, 6) is 1.24. The molecule has 0 unspecified atom stereocenters. The maximum atomic E-state index is 12.6. The lowest BCUT2D eigenvalue weighted by atomic mass is 10.2. The van der Waals surface area contributed by atoms with E-state index < -0.39 is 0 Å². The zero-order chi connectivity index (χ0) is 24.1. The lowest BCUT2D eigenvalue weighted by molar-refractivity contribution is -0.113. The van der Waals surface area contributed by atoms with Crippen molar-refractivity contribution < 1.29 is 14.0 Å². The second kappa shape index (κ2) is 10.6. The van der Waals surface area contributed by atoms with E-state index in [0.29, 0.717) is 33.8 Å². The maximum Gasteiger partial charge on any atom is 0.253 e. The SMILES string of the molecule is CN(C)C(=O)c1ccc(NC(=O)CSc2nnc(-c3ccc(Cl)cc3)n2Cc2ccco2)cc1. The lowest BCUT2D eigenvalue weighted by Gasteiger charge is -2.11. The van der Waals surface area contributed by atoms with Gasteiger partial charge in [0.05, 0.1) is 18.6 Å². The Hall–Kier alpha value is -3.56. The van der Waals surface area contributed by atoms with Gasteiger partial charge in [0.15, 0.2) is 11.0 Å². The summed E-state index contributed by atoms with van der Waals surface area (Å²) in [4.78, 5) is 26.1. The van der Waals surface area contributed by atoms with Crippen LogP contribution in [-0.2, 0) is 11.3 Å². The Kier molecular flexibility index (Phi) is 7.34. The van der Waals surface area contributed by atoms with Crippen LogP contribution in [0.3, 0.4) is 0 Å². The Morgan fingerprint density at radius 3 is 2.44 bits per heavy atom. The quantitative estimate of drug-likeness (QED) is 0.357. The van der Waals surface area contributed by atoms with E-state index in [4.69, 9.17) is 16.0 Å². The minimum atomic E-state index is -0.197. The van der Waals surface area contributed by atoms with Gasteiger partial charge in [0.25, 0.3) is 5.91 Å². The van der Waals surface area contributed by atoms with Crippen LogP contribution in [-0.4, -0.2) is 51.3 Å². The van der Waals surface area contributed by atoms with Crippen LogP contribution >= 0.6 is 23.4 Å². The maximum absolute atomic E-state index is 12.6. The van der Waals surface area contributed by atoms with Gasteiger partial charge in [0.1, 0.15) is 5.76 Å². The second-order valence-electron chi connectivity index (χ2n) is 7.59. The summed E-state index contributed by atoms with van der Waals surface area (Å²) >= 11 is 7.30. The highest BCUT2D eigenvalue weighted by Crippen LogP contribution is 2.26. The van der Waals surface area contributed by atoms with Crippen LogP contribution < -0.4 is 5.32 Å². The molecule has 2 amide bonds. The van der Waals surface area contributed by atoms with E-state index in [1.165, 1.54) is 16.7 Å². The highest BCUT2D eigenvalue weighted by molar-refractivity contribution is 7.99. The number of hydrogen-bond acceptors (Lipinski definition) is 6. The monoisotopic (exact) mass is 495 g/mol. The van der Waals surface area contributed by atoms with Gasteiger partial charge in [-0.1, -0.05) is 23.4 Å². The molecule has 0 bridgehead atoms. The van der Waals surface area contributed by atoms with Crippen molar-refractivity contribution in [1.29, 1.82) is 0 Å². The van der Waals surface area contributed by atoms with Crippen molar-refractivity contribution in [2.75, 3.05) is 25.2 Å². The summed E-state index contributed by atoms with van der Waals surface area (Å²) in [6.07, 6.45) is 1.61. The minimum Gasteiger partial charge on any atom is -0.467 e. The molecule has 2 aromatic heterocycles. The van der Waals surface area contributed by atoms with Gasteiger partial charge in [-0.05, 0) is 60.7 Å². The first-order valence-electron chi connectivity index (χ1n) is 10.4. The molecule has 34 heavy (non-hydrogen) atoms. The summed E-state index contributed by atoms with van der Waals surface area (Å²) in [5, 5.41) is 12.7. The summed E-state index contributed by atoms with van der Waals surface area (Å²) in [6, 6.07) is 17.8. The first-order chi connectivity index (χ1) is 16.4. The molecule has 0 fully saturated rings. The number of thioether (sulfide) groups is 1. The van der Waals surface area contributed by atoms with Gasteiger partial charge in [-0.3, -0.25) is 14.2 Å². The molecule has 2 heterocycles. The molecule has 0 spiro atoms. The number of halogens is 1. The largest absolute Gasteiger partial charge is 0.467 e. The van der Waals surface area contributed by atoms with Crippen LogP contribution in [0, 0.1) is 0 Å². The molecule has 4 aromatic rings. The Labute approximate surface area is 205 Å². The normalized spacial score (nSPS) is 10.8. The first-order valence-corrected chi connectivity index (χ1v) is 11.7. The Morgan fingerprint density at radius 1 is 1.06 bits per heavy atom. The molecule has 1 N–H and O–H groups in total. The highest BCUT2D eigenvalue weighted by atomic mass is 35.5. The first kappa shape index (κ1) is 23.6. The van der Waals surface area contributed by atoms with Crippen LogP contribution in [0.15, 0.2) is 76.5 Å². The van der Waals surface area contributed by atoms with Gasteiger partial charge >= 0.3 is 0 Å². The van der Waals surface area contributed by atoms with Gasteiger partial charge in [0, 0.05) is 35.9 Å². The van der Waals surface area contributed by atoms with Crippen LogP contribution in [0.1, 0.15) is 16.1 Å². The van der Waals surface area contributed by atoms with Gasteiger partial charge < -0.3 is 14.6 Å². The average molecular weight is 496 g/mol. The number of nitrogens with zero attached hydrogens (tertiary/aromatic N) is 4. The van der Waals surface area contributed by atoms with Crippen molar-refractivity contribution in [2.45, 2.75) is 11.7 Å². The third-order valence-electron chi connectivity index (χ3n) is 4.87. The minimum absolute atomic E-state index is 0.0965. The number of furan rings is 1. The van der Waals surface area contributed by atoms with Crippen LogP contribution in [0.25, 0.3) is 11.4 Å². The fourth-order valence-corrected chi connectivity index (χ4v) is 4.05. The standard InChI is InChI=1S/C24H22ClN5O3S/c1-29(2)23(32)17-7-11-19(12-8-17)26-21(31)15-34-24-28-27-22(16-5-9-18(25)10-6-16)30(24)14-20-4-3-13-33-20/h3-13H,14-15H2,1-2H3,(H,26,31). The van der Waals surface area contributed by atoms with Gasteiger partial charge in [-0.25, -0.2) is 0 Å². The van der Waals surface area contributed by atoms with Crippen molar-refractivity contribution >= 4 is 40.9 Å². The van der Waals surface area contributed by atoms with E-state index >= 15 is 0 Å². The molecule has 2 aromatic carbocycles. The lowest BCUT2D eigenvalue weighted by Crippen LogP contribution is -2.21. The molecule has 0 saturated heterocycles. The molecular formula is C24H22ClN5O3S. The predicted octanol–water partition coefficient (Wildman–Crippen LogP) is 4.67. The summed E-state index contributed by atoms with van der Waals surface area (Å²) in [6.45, 7) is 0.420. The Morgan fingerprint density at radius 2 is 1.79 bits per heavy atom. The fourth-order valence-electron chi connectivity index (χ4n) is 3.19. The number of benzene rings is 2. The molecule has 4 rings (SSSR count). The Bertz CT molecular complexity index is 1270. The van der Waals surface area contributed by atoms with Crippen LogP contribution in [0.2, 0.25) is 5.02 Å². The van der Waals surface area contributed by atoms with Crippen molar-refractivity contribution in [1.82, 2.24) is 19.7 Å². The van der Waals surface area contributed by atoms with Crippen LogP contribution in [0.5, 0.6) is 0 Å². The molecular weight excluding hydrogens is 474 g/mol. The number of nitrogens with one attached hydrogen (secondary N) is 1. The molecule has 174 valence electrons. The number of hydrogen-bond donors (Lipinski definition) is 1. The van der Waals surface area contributed by atoms with Crippen molar-refractivity contribution in [3.8, 4) is 11.4 Å². The van der Waals surface area contributed by atoms with E-state index in [0.717, 1.165) is 11.3 Å². The smallest absolute Gasteiger partial charge is 0.253 e. The Balaban J connectivity index is 1.46. The molecule has 8 nitrogen and oxygen atoms in total. The van der Waals surface area contributed by atoms with Gasteiger partial charge in [-0.15, -0.1) is 10.2 Å². The number of carbonyl (C=O) groups excluding carboxylic acids is 2. The second-order valence-corrected chi connectivity index (χ2v) is 8.97. The van der Waals surface area contributed by atoms with Crippen LogP contribution in [0.4, 0.5) is 5.69 Å². The van der Waals surface area contributed by atoms with Crippen molar-refractivity contribution in [2.24, 2.45) is 0 Å². The third-order valence-corrected chi connectivity index (χ3v) is 6.09. The summed E-state index contributed by atoms with van der Waals surface area (Å²) in [5.41, 5.74) is 2.02. The number of amides is 2. The topological polar surface area (TPSA) is 93.3 Å². The number of anilines is 1. The summed E-state index contributed by atoms with van der Waals surface area (Å²) < 4.78 is 7.41. The highest BCUT2D eigenvalue weighted by Gasteiger charge is 2.17. The number of carbonyl (C=O) groups is 2. The van der Waals surface area contributed by atoms with E-state index in [1.807, 2.05) is 28.8 Å². The number of aromatic nitrogens is 3. The zero-order valence-corrected chi connectivity index (χ0v) is 20.1. The van der Waals surface area contributed by atoms with E-state index in [-0.39, 0.29) is 17.6 Å². The van der Waals surface area contributed by atoms with E-state index in [9.17, 15) is 9.59 Å². The zero-order valence-electron chi connectivity index (χ0n) is 18.6. The van der Waals surface area contributed by atoms with E-state index in [2.05, 4.69) is 15.5 Å². The van der Waals surface area contributed by atoms with Gasteiger partial charge in [0.2, 0.25) is 5.91 Å². The average Bonchev–Trinajstić information content (AvgIpc) is 3.49. The predicted molar refractivity (Wildman–Crippen MR) is 132 cm³/mol. The molecule has 0 aliphatic rings. The molecule has 0 atom stereocenters. The molecule has 0 aliphatic carbocycles. The van der Waals surface area contributed by atoms with Crippen molar-refractivity contribution in [3.05, 3.63) is 83.3 Å².